The summed E-state index contributed by atoms with van der Waals surface area (Å²) in [6, 6.07) is 11.1. The first kappa shape index (κ1) is 18.3. The number of aryl methyl sites for hydroxylation is 1. The molecule has 0 aromatic heterocycles. The molecular weight excluding hydrogens is 326 g/mol. The van der Waals surface area contributed by atoms with Crippen LogP contribution in [0.25, 0.3) is 0 Å². The molecule has 1 N–H and O–H groups in total. The third-order valence-corrected chi connectivity index (χ3v) is 5.23. The Kier molecular flexibility index (Phi) is 5.85. The molecule has 130 valence electrons. The third-order valence-electron chi connectivity index (χ3n) is 3.95. The summed E-state index contributed by atoms with van der Waals surface area (Å²) >= 11 is 0. The van der Waals surface area contributed by atoms with Crippen molar-refractivity contribution < 1.29 is 17.9 Å². The predicted molar refractivity (Wildman–Crippen MR) is 94.9 cm³/mol. The zero-order valence-electron chi connectivity index (χ0n) is 14.4. The topological polar surface area (TPSA) is 64.6 Å². The van der Waals surface area contributed by atoms with Crippen molar-refractivity contribution in [1.29, 1.82) is 0 Å². The first-order valence-corrected chi connectivity index (χ1v) is 9.25. The van der Waals surface area contributed by atoms with E-state index in [-0.39, 0.29) is 12.3 Å². The van der Waals surface area contributed by atoms with Crippen LogP contribution in [0.3, 0.4) is 0 Å². The van der Waals surface area contributed by atoms with Gasteiger partial charge in [-0.25, -0.2) is 13.1 Å². The van der Waals surface area contributed by atoms with Gasteiger partial charge in [0.1, 0.15) is 11.5 Å². The van der Waals surface area contributed by atoms with Gasteiger partial charge < -0.3 is 9.47 Å². The zero-order valence-corrected chi connectivity index (χ0v) is 15.2. The van der Waals surface area contributed by atoms with Crippen LogP contribution in [0.1, 0.15) is 22.3 Å². The number of hydrogen-bond donors (Lipinski definition) is 1. The lowest BCUT2D eigenvalue weighted by atomic mass is 10.1. The highest BCUT2D eigenvalue weighted by Gasteiger charge is 2.16. The summed E-state index contributed by atoms with van der Waals surface area (Å²) in [6.07, 6.45) is 0. The molecule has 0 saturated heterocycles. The van der Waals surface area contributed by atoms with Crippen molar-refractivity contribution in [1.82, 2.24) is 4.72 Å². The maximum Gasteiger partial charge on any atom is 0.216 e. The molecule has 0 aliphatic rings. The van der Waals surface area contributed by atoms with E-state index in [9.17, 15) is 8.42 Å². The number of rotatable bonds is 7. The second-order valence-electron chi connectivity index (χ2n) is 5.59. The average Bonchev–Trinajstić information content (AvgIpc) is 2.55. The zero-order chi connectivity index (χ0) is 17.7. The minimum absolute atomic E-state index is 0.0445. The third kappa shape index (κ3) is 4.27. The highest BCUT2D eigenvalue weighted by atomic mass is 32.2. The lowest BCUT2D eigenvalue weighted by molar-refractivity contribution is 0.385. The molecule has 0 saturated carbocycles. The van der Waals surface area contributed by atoms with Crippen molar-refractivity contribution in [2.24, 2.45) is 0 Å². The van der Waals surface area contributed by atoms with E-state index in [0.717, 1.165) is 22.3 Å². The molecule has 0 fully saturated rings. The van der Waals surface area contributed by atoms with Gasteiger partial charge in [0, 0.05) is 17.7 Å². The smallest absolute Gasteiger partial charge is 0.216 e. The molecule has 0 aliphatic carbocycles. The summed E-state index contributed by atoms with van der Waals surface area (Å²) in [5, 5.41) is 0. The fourth-order valence-electron chi connectivity index (χ4n) is 2.59. The van der Waals surface area contributed by atoms with E-state index >= 15 is 0 Å². The monoisotopic (exact) mass is 349 g/mol. The van der Waals surface area contributed by atoms with Crippen LogP contribution in [0.5, 0.6) is 11.5 Å². The van der Waals surface area contributed by atoms with Gasteiger partial charge in [-0.05, 0) is 31.0 Å². The Labute approximate surface area is 143 Å². The molecule has 0 amide bonds. The summed E-state index contributed by atoms with van der Waals surface area (Å²) in [6.45, 7) is 3.95. The number of benzene rings is 2. The molecule has 0 unspecified atom stereocenters. The number of ether oxygens (including phenoxy) is 2. The van der Waals surface area contributed by atoms with Gasteiger partial charge in [0.25, 0.3) is 0 Å². The predicted octanol–water partition coefficient (Wildman–Crippen LogP) is 2.94. The molecule has 0 radical (unpaired) electrons. The van der Waals surface area contributed by atoms with E-state index in [2.05, 4.69) is 4.72 Å². The highest BCUT2D eigenvalue weighted by molar-refractivity contribution is 7.88. The van der Waals surface area contributed by atoms with Gasteiger partial charge >= 0.3 is 0 Å². The Morgan fingerprint density at radius 2 is 1.67 bits per heavy atom. The Morgan fingerprint density at radius 1 is 0.958 bits per heavy atom. The number of sulfonamides is 1. The number of methoxy groups -OCH3 is 2. The van der Waals surface area contributed by atoms with Crippen LogP contribution in [0.2, 0.25) is 0 Å². The normalized spacial score (nSPS) is 11.3. The molecule has 2 rings (SSSR count). The molecule has 24 heavy (non-hydrogen) atoms. The molecule has 5 nitrogen and oxygen atoms in total. The first-order chi connectivity index (χ1) is 11.4. The summed E-state index contributed by atoms with van der Waals surface area (Å²) in [5.41, 5.74) is 3.36. The van der Waals surface area contributed by atoms with Crippen molar-refractivity contribution in [3.05, 3.63) is 58.7 Å². The molecule has 0 aliphatic heterocycles. The van der Waals surface area contributed by atoms with Crippen molar-refractivity contribution in [2.45, 2.75) is 26.1 Å². The molecule has 2 aromatic carbocycles. The van der Waals surface area contributed by atoms with E-state index in [0.29, 0.717) is 11.5 Å². The maximum atomic E-state index is 12.4. The van der Waals surface area contributed by atoms with E-state index in [4.69, 9.17) is 9.47 Å². The van der Waals surface area contributed by atoms with E-state index in [1.54, 1.807) is 20.3 Å². The van der Waals surface area contributed by atoms with E-state index in [1.807, 2.05) is 44.2 Å². The molecule has 6 heteroatoms. The Balaban J connectivity index is 2.15. The Bertz CT molecular complexity index is 816. The summed E-state index contributed by atoms with van der Waals surface area (Å²) < 4.78 is 38.0. The van der Waals surface area contributed by atoms with Crippen LogP contribution < -0.4 is 14.2 Å². The van der Waals surface area contributed by atoms with Gasteiger partial charge in [-0.15, -0.1) is 0 Å². The highest BCUT2D eigenvalue weighted by Crippen LogP contribution is 2.31. The van der Waals surface area contributed by atoms with E-state index < -0.39 is 10.0 Å². The Hall–Kier alpha value is -2.05. The summed E-state index contributed by atoms with van der Waals surface area (Å²) in [5.74, 6) is 1.29. The van der Waals surface area contributed by atoms with Crippen molar-refractivity contribution in [3.8, 4) is 11.5 Å². The Morgan fingerprint density at radius 3 is 2.29 bits per heavy atom. The number of hydrogen-bond acceptors (Lipinski definition) is 4. The standard InChI is InChI=1S/C18H23NO4S/c1-13-7-5-6-8-16(13)12-24(20,21)19-11-15-9-10-17(22-3)14(2)18(15)23-4/h5-10,19H,11-12H2,1-4H3. The second kappa shape index (κ2) is 7.68. The fourth-order valence-corrected chi connectivity index (χ4v) is 3.80. The summed E-state index contributed by atoms with van der Waals surface area (Å²) in [4.78, 5) is 0. The van der Waals surface area contributed by atoms with Crippen LogP contribution in [0.15, 0.2) is 36.4 Å². The second-order valence-corrected chi connectivity index (χ2v) is 7.40. The lowest BCUT2D eigenvalue weighted by Crippen LogP contribution is -2.25. The number of nitrogens with one attached hydrogen (secondary N) is 1. The van der Waals surface area contributed by atoms with Crippen molar-refractivity contribution in [3.63, 3.8) is 0 Å². The van der Waals surface area contributed by atoms with Crippen LogP contribution in [-0.4, -0.2) is 22.6 Å². The van der Waals surface area contributed by atoms with Crippen LogP contribution in [0, 0.1) is 13.8 Å². The molecule has 0 atom stereocenters. The van der Waals surface area contributed by atoms with Gasteiger partial charge in [-0.2, -0.15) is 0 Å². The molecule has 2 aromatic rings. The average molecular weight is 349 g/mol. The molecule has 0 bridgehead atoms. The fraction of sp³-hybridized carbons (Fsp3) is 0.333. The van der Waals surface area contributed by atoms with Gasteiger partial charge in [0.2, 0.25) is 10.0 Å². The molecule has 0 spiro atoms. The summed E-state index contributed by atoms with van der Waals surface area (Å²) in [7, 11) is -0.293. The van der Waals surface area contributed by atoms with Crippen LogP contribution in [-0.2, 0) is 22.3 Å². The van der Waals surface area contributed by atoms with Gasteiger partial charge in [0.15, 0.2) is 0 Å². The maximum absolute atomic E-state index is 12.4. The molecule has 0 heterocycles. The molecular formula is C18H23NO4S. The quantitative estimate of drug-likeness (QED) is 0.835. The van der Waals surface area contributed by atoms with Crippen molar-refractivity contribution in [2.75, 3.05) is 14.2 Å². The largest absolute Gasteiger partial charge is 0.496 e. The van der Waals surface area contributed by atoms with Gasteiger partial charge in [-0.3, -0.25) is 0 Å². The van der Waals surface area contributed by atoms with E-state index in [1.165, 1.54) is 0 Å². The SMILES string of the molecule is COc1ccc(CNS(=O)(=O)Cc2ccccc2C)c(OC)c1C. The van der Waals surface area contributed by atoms with Gasteiger partial charge in [0.05, 0.1) is 20.0 Å². The first-order valence-electron chi connectivity index (χ1n) is 7.60. The minimum Gasteiger partial charge on any atom is -0.496 e. The van der Waals surface area contributed by atoms with Crippen LogP contribution in [0.4, 0.5) is 0 Å². The van der Waals surface area contributed by atoms with Crippen molar-refractivity contribution >= 4 is 10.0 Å². The lowest BCUT2D eigenvalue weighted by Gasteiger charge is -2.15. The minimum atomic E-state index is -3.45. The van der Waals surface area contributed by atoms with Crippen LogP contribution >= 0.6 is 0 Å². The van der Waals surface area contributed by atoms with Gasteiger partial charge in [-0.1, -0.05) is 30.3 Å².